The molecule has 1 aliphatic rings. The lowest BCUT2D eigenvalue weighted by atomic mass is 10.1. The van der Waals surface area contributed by atoms with E-state index in [9.17, 15) is 13.6 Å². The van der Waals surface area contributed by atoms with Crippen LogP contribution in [0.4, 0.5) is 14.6 Å². The number of halogens is 2. The zero-order chi connectivity index (χ0) is 27.2. The van der Waals surface area contributed by atoms with Crippen LogP contribution in [0.15, 0.2) is 47.4 Å². The molecule has 3 aromatic heterocycles. The number of alkyl halides is 2. The third kappa shape index (κ3) is 4.67. The first-order valence-electron chi connectivity index (χ1n) is 12.5. The summed E-state index contributed by atoms with van der Waals surface area (Å²) >= 11 is 1.69. The molecule has 0 amide bonds. The number of pyridine rings is 1. The SMILES string of the molecule is COc1c(=O)n(C2(C(F)F)CC2)cc2c(N[C@H](C)c3ccc(-c4ccccc4CN(C)C)s3)nc(C)nc12. The van der Waals surface area contributed by atoms with E-state index in [4.69, 9.17) is 4.74 Å². The molecule has 5 rings (SSSR count). The van der Waals surface area contributed by atoms with Gasteiger partial charge in [0, 0.05) is 22.5 Å². The number of anilines is 1. The van der Waals surface area contributed by atoms with Crippen LogP contribution in [0.2, 0.25) is 0 Å². The van der Waals surface area contributed by atoms with Crippen molar-refractivity contribution < 1.29 is 13.5 Å². The molecule has 1 fully saturated rings. The molecule has 1 saturated carbocycles. The van der Waals surface area contributed by atoms with Gasteiger partial charge in [0.05, 0.1) is 18.5 Å². The summed E-state index contributed by atoms with van der Waals surface area (Å²) < 4.78 is 34.4. The van der Waals surface area contributed by atoms with Gasteiger partial charge in [-0.05, 0) is 64.0 Å². The summed E-state index contributed by atoms with van der Waals surface area (Å²) in [5, 5.41) is 3.92. The average molecular weight is 540 g/mol. The largest absolute Gasteiger partial charge is 0.490 e. The summed E-state index contributed by atoms with van der Waals surface area (Å²) in [6.07, 6.45) is -0.730. The van der Waals surface area contributed by atoms with E-state index >= 15 is 0 Å². The molecule has 1 atom stereocenters. The van der Waals surface area contributed by atoms with Crippen LogP contribution >= 0.6 is 11.3 Å². The van der Waals surface area contributed by atoms with Gasteiger partial charge in [-0.1, -0.05) is 24.3 Å². The first-order valence-corrected chi connectivity index (χ1v) is 13.3. The Balaban J connectivity index is 1.53. The molecule has 1 N–H and O–H groups in total. The Morgan fingerprint density at radius 3 is 2.58 bits per heavy atom. The van der Waals surface area contributed by atoms with Crippen molar-refractivity contribution in [3.63, 3.8) is 0 Å². The summed E-state index contributed by atoms with van der Waals surface area (Å²) in [7, 11) is 5.46. The minimum Gasteiger partial charge on any atom is -0.490 e. The third-order valence-electron chi connectivity index (χ3n) is 6.97. The number of aromatic nitrogens is 3. The fourth-order valence-electron chi connectivity index (χ4n) is 4.84. The van der Waals surface area contributed by atoms with E-state index in [2.05, 4.69) is 64.6 Å². The number of thiophene rings is 1. The summed E-state index contributed by atoms with van der Waals surface area (Å²) in [4.78, 5) is 26.6. The Hall–Kier alpha value is -3.37. The molecule has 0 bridgehead atoms. The fourth-order valence-corrected chi connectivity index (χ4v) is 5.91. The highest BCUT2D eigenvalue weighted by Crippen LogP contribution is 2.48. The Kier molecular flexibility index (Phi) is 6.96. The standard InChI is InChI=1S/C28H31F2N5O2S/c1-16(21-10-11-22(38-21)19-9-7-6-8-18(19)14-34(3)4)31-25-20-15-35(28(12-13-28)27(29)30)26(36)24(37-5)23(20)32-17(2)33-25/h6-11,15-16,27H,12-14H2,1-5H3,(H,31,32,33)/t16-/m1/s1. The van der Waals surface area contributed by atoms with Gasteiger partial charge in [0.25, 0.3) is 12.0 Å². The van der Waals surface area contributed by atoms with E-state index in [-0.39, 0.29) is 24.6 Å². The molecule has 7 nitrogen and oxygen atoms in total. The van der Waals surface area contributed by atoms with Gasteiger partial charge in [0.1, 0.15) is 22.7 Å². The number of methoxy groups -OCH3 is 1. The Morgan fingerprint density at radius 1 is 1.18 bits per heavy atom. The maximum Gasteiger partial charge on any atom is 0.295 e. The van der Waals surface area contributed by atoms with Gasteiger partial charge in [-0.15, -0.1) is 11.3 Å². The first kappa shape index (κ1) is 26.2. The second-order valence-corrected chi connectivity index (χ2v) is 11.2. The lowest BCUT2D eigenvalue weighted by Gasteiger charge is -2.21. The molecule has 4 aromatic rings. The number of ether oxygens (including phenoxy) is 1. The molecule has 0 spiro atoms. The second-order valence-electron chi connectivity index (χ2n) is 10.1. The van der Waals surface area contributed by atoms with Crippen molar-refractivity contribution >= 4 is 28.1 Å². The molecule has 200 valence electrons. The van der Waals surface area contributed by atoms with Crippen LogP contribution in [0.1, 0.15) is 42.1 Å². The van der Waals surface area contributed by atoms with E-state index in [1.165, 1.54) is 24.4 Å². The second kappa shape index (κ2) is 10.1. The summed E-state index contributed by atoms with van der Waals surface area (Å²) in [5.74, 6) is 0.869. The molecular formula is C28H31F2N5O2S. The lowest BCUT2D eigenvalue weighted by molar-refractivity contribution is 0.0650. The normalized spacial score (nSPS) is 15.3. The number of benzene rings is 1. The van der Waals surface area contributed by atoms with Crippen LogP contribution in [0.3, 0.4) is 0 Å². The Labute approximate surface area is 224 Å². The van der Waals surface area contributed by atoms with E-state index in [0.717, 1.165) is 20.9 Å². The molecule has 0 unspecified atom stereocenters. The number of nitrogens with one attached hydrogen (secondary N) is 1. The minimum absolute atomic E-state index is 0.0495. The number of hydrogen-bond acceptors (Lipinski definition) is 7. The highest BCUT2D eigenvalue weighted by Gasteiger charge is 2.54. The predicted octanol–water partition coefficient (Wildman–Crippen LogP) is 5.83. The lowest BCUT2D eigenvalue weighted by Crippen LogP contribution is -2.36. The van der Waals surface area contributed by atoms with Crippen LogP contribution in [-0.4, -0.2) is 47.1 Å². The number of aryl methyl sites for hydroxylation is 1. The Morgan fingerprint density at radius 2 is 1.92 bits per heavy atom. The predicted molar refractivity (Wildman–Crippen MR) is 147 cm³/mol. The maximum atomic E-state index is 14.0. The van der Waals surface area contributed by atoms with Gasteiger partial charge in [-0.3, -0.25) is 9.36 Å². The van der Waals surface area contributed by atoms with Crippen LogP contribution < -0.4 is 15.6 Å². The summed E-state index contributed by atoms with van der Waals surface area (Å²) in [5.41, 5.74) is 0.653. The summed E-state index contributed by atoms with van der Waals surface area (Å²) in [6.45, 7) is 4.60. The van der Waals surface area contributed by atoms with Gasteiger partial charge in [0.2, 0.25) is 5.75 Å². The van der Waals surface area contributed by atoms with Crippen molar-refractivity contribution in [2.75, 3.05) is 26.5 Å². The van der Waals surface area contributed by atoms with Crippen molar-refractivity contribution in [1.82, 2.24) is 19.4 Å². The highest BCUT2D eigenvalue weighted by atomic mass is 32.1. The minimum atomic E-state index is -2.66. The molecule has 38 heavy (non-hydrogen) atoms. The van der Waals surface area contributed by atoms with E-state index in [1.54, 1.807) is 18.3 Å². The maximum absolute atomic E-state index is 14.0. The third-order valence-corrected chi connectivity index (χ3v) is 8.27. The monoisotopic (exact) mass is 539 g/mol. The molecule has 1 aromatic carbocycles. The van der Waals surface area contributed by atoms with Crippen molar-refractivity contribution in [3.8, 4) is 16.2 Å². The first-order chi connectivity index (χ1) is 18.1. The van der Waals surface area contributed by atoms with E-state index < -0.39 is 17.5 Å². The zero-order valence-corrected chi connectivity index (χ0v) is 22.9. The molecule has 3 heterocycles. The number of fused-ring (bicyclic) bond motifs is 1. The van der Waals surface area contributed by atoms with Crippen molar-refractivity contribution in [3.05, 3.63) is 69.2 Å². The molecule has 1 aliphatic carbocycles. The van der Waals surface area contributed by atoms with Crippen LogP contribution in [0, 0.1) is 6.92 Å². The van der Waals surface area contributed by atoms with Gasteiger partial charge in [0.15, 0.2) is 0 Å². The smallest absolute Gasteiger partial charge is 0.295 e. The van der Waals surface area contributed by atoms with Gasteiger partial charge >= 0.3 is 0 Å². The quantitative estimate of drug-likeness (QED) is 0.289. The molecule has 0 aliphatic heterocycles. The van der Waals surface area contributed by atoms with Gasteiger partial charge in [-0.25, -0.2) is 18.7 Å². The molecule has 10 heteroatoms. The summed E-state index contributed by atoms with van der Waals surface area (Å²) in [6, 6.07) is 12.5. The van der Waals surface area contributed by atoms with E-state index in [0.29, 0.717) is 22.5 Å². The zero-order valence-electron chi connectivity index (χ0n) is 22.1. The topological polar surface area (TPSA) is 72.3 Å². The fraction of sp³-hybridized carbons (Fsp3) is 0.393. The highest BCUT2D eigenvalue weighted by molar-refractivity contribution is 7.15. The van der Waals surface area contributed by atoms with Crippen molar-refractivity contribution in [2.24, 2.45) is 0 Å². The van der Waals surface area contributed by atoms with E-state index in [1.807, 2.05) is 13.0 Å². The van der Waals surface area contributed by atoms with Crippen LogP contribution in [0.5, 0.6) is 5.75 Å². The van der Waals surface area contributed by atoms with Crippen LogP contribution in [-0.2, 0) is 12.1 Å². The molecule has 0 saturated heterocycles. The van der Waals surface area contributed by atoms with Crippen molar-refractivity contribution in [1.29, 1.82) is 0 Å². The number of hydrogen-bond donors (Lipinski definition) is 1. The average Bonchev–Trinajstić information content (AvgIpc) is 3.53. The molecule has 0 radical (unpaired) electrons. The van der Waals surface area contributed by atoms with Gasteiger partial charge in [-0.2, -0.15) is 0 Å². The molecular weight excluding hydrogens is 508 g/mol. The number of nitrogens with zero attached hydrogens (tertiary/aromatic N) is 4. The van der Waals surface area contributed by atoms with Crippen LogP contribution in [0.25, 0.3) is 21.3 Å². The van der Waals surface area contributed by atoms with Gasteiger partial charge < -0.3 is 15.0 Å². The number of rotatable bonds is 9. The van der Waals surface area contributed by atoms with Crippen molar-refractivity contribution in [2.45, 2.75) is 51.2 Å². The Bertz CT molecular complexity index is 1540.